The van der Waals surface area contributed by atoms with E-state index in [0.29, 0.717) is 11.3 Å². The number of hydrogen-bond acceptors (Lipinski definition) is 3. The Hall–Kier alpha value is -3.30. The zero-order valence-corrected chi connectivity index (χ0v) is 16.2. The van der Waals surface area contributed by atoms with Crippen LogP contribution < -0.4 is 0 Å². The third kappa shape index (κ3) is 3.34. The fraction of sp³-hybridized carbons (Fsp3) is 0.0769. The zero-order chi connectivity index (χ0) is 24.8. The molecular weight excluding hydrogens is 372 g/mol. The van der Waals surface area contributed by atoms with Gasteiger partial charge in [-0.05, 0) is 48.6 Å². The number of pyridine rings is 1. The highest BCUT2D eigenvalue weighted by molar-refractivity contribution is 7.22. The summed E-state index contributed by atoms with van der Waals surface area (Å²) in [6.45, 7) is -5.16. The Labute approximate surface area is 183 Å². The van der Waals surface area contributed by atoms with Gasteiger partial charge in [0.1, 0.15) is 5.01 Å². The van der Waals surface area contributed by atoms with Gasteiger partial charge in [-0.2, -0.15) is 0 Å². The molecule has 0 N–H and O–H groups in total. The van der Waals surface area contributed by atoms with Gasteiger partial charge in [-0.15, -0.1) is 11.3 Å². The molecule has 0 unspecified atom stereocenters. The minimum atomic E-state index is -2.59. The second kappa shape index (κ2) is 7.26. The SMILES string of the molecule is [2H]C([2H])([2H])c1cnc(-c2cc(-c3ccccc3)c3sc(-c4ccccc4)nc3c2)cc1C([2H])([2H])[2H]. The van der Waals surface area contributed by atoms with Gasteiger partial charge >= 0.3 is 0 Å². The minimum absolute atomic E-state index is 0.216. The smallest absolute Gasteiger partial charge is 0.124 e. The van der Waals surface area contributed by atoms with E-state index in [0.717, 1.165) is 38.1 Å². The number of thiazole rings is 1. The molecule has 0 saturated heterocycles. The van der Waals surface area contributed by atoms with Crippen LogP contribution in [0.3, 0.4) is 0 Å². The Morgan fingerprint density at radius 2 is 1.48 bits per heavy atom. The highest BCUT2D eigenvalue weighted by atomic mass is 32.1. The molecule has 0 radical (unpaired) electrons. The van der Waals surface area contributed by atoms with Crippen LogP contribution in [-0.2, 0) is 0 Å². The molecule has 3 aromatic carbocycles. The zero-order valence-electron chi connectivity index (χ0n) is 21.4. The van der Waals surface area contributed by atoms with Crippen LogP contribution in [0.1, 0.15) is 19.4 Å². The highest BCUT2D eigenvalue weighted by Crippen LogP contribution is 2.39. The molecule has 2 heterocycles. The van der Waals surface area contributed by atoms with Crippen LogP contribution in [0.15, 0.2) is 85.1 Å². The fourth-order valence-electron chi connectivity index (χ4n) is 3.33. The van der Waals surface area contributed by atoms with Crippen LogP contribution in [0.25, 0.3) is 43.2 Å². The first kappa shape index (κ1) is 12.3. The van der Waals surface area contributed by atoms with Gasteiger partial charge in [-0.1, -0.05) is 60.7 Å². The lowest BCUT2D eigenvalue weighted by molar-refractivity contribution is 1.22. The van der Waals surface area contributed by atoms with Gasteiger partial charge in [0.15, 0.2) is 0 Å². The molecule has 29 heavy (non-hydrogen) atoms. The number of aromatic nitrogens is 2. The maximum absolute atomic E-state index is 7.90. The first-order chi connectivity index (χ1) is 16.6. The second-order valence-corrected chi connectivity index (χ2v) is 7.74. The summed E-state index contributed by atoms with van der Waals surface area (Å²) >= 11 is 1.59. The molecule has 0 aliphatic rings. The first-order valence-electron chi connectivity index (χ1n) is 12.2. The van der Waals surface area contributed by atoms with E-state index in [1.54, 1.807) is 11.3 Å². The summed E-state index contributed by atoms with van der Waals surface area (Å²) in [6.07, 6.45) is 1.16. The molecule has 0 amide bonds. The summed E-state index contributed by atoms with van der Waals surface area (Å²) in [6, 6.07) is 25.0. The van der Waals surface area contributed by atoms with E-state index in [4.69, 9.17) is 13.2 Å². The molecule has 3 heteroatoms. The van der Waals surface area contributed by atoms with E-state index in [1.165, 1.54) is 6.07 Å². The van der Waals surface area contributed by atoms with Gasteiger partial charge < -0.3 is 0 Å². The molecule has 0 fully saturated rings. The first-order valence-corrected chi connectivity index (χ1v) is 10.00. The Morgan fingerprint density at radius 3 is 2.21 bits per heavy atom. The van der Waals surface area contributed by atoms with Crippen LogP contribution >= 0.6 is 11.3 Å². The highest BCUT2D eigenvalue weighted by Gasteiger charge is 2.14. The molecule has 140 valence electrons. The molecule has 0 bridgehead atoms. The number of hydrogen-bond donors (Lipinski definition) is 0. The monoisotopic (exact) mass is 398 g/mol. The topological polar surface area (TPSA) is 25.8 Å². The van der Waals surface area contributed by atoms with Crippen molar-refractivity contribution in [2.45, 2.75) is 13.7 Å². The summed E-state index contributed by atoms with van der Waals surface area (Å²) in [5.74, 6) is 0. The van der Waals surface area contributed by atoms with Gasteiger partial charge in [0.25, 0.3) is 0 Å². The lowest BCUT2D eigenvalue weighted by Crippen LogP contribution is -1.89. The molecule has 0 atom stereocenters. The Morgan fingerprint density at radius 1 is 0.759 bits per heavy atom. The van der Waals surface area contributed by atoms with Crippen molar-refractivity contribution >= 4 is 21.6 Å². The molecule has 2 nitrogen and oxygen atoms in total. The average molecular weight is 399 g/mol. The largest absolute Gasteiger partial charge is 0.256 e. The van der Waals surface area contributed by atoms with Crippen molar-refractivity contribution in [1.29, 1.82) is 0 Å². The van der Waals surface area contributed by atoms with E-state index >= 15 is 0 Å². The lowest BCUT2D eigenvalue weighted by atomic mass is 9.99. The van der Waals surface area contributed by atoms with E-state index in [2.05, 4.69) is 4.98 Å². The Balaban J connectivity index is 1.75. The van der Waals surface area contributed by atoms with Crippen molar-refractivity contribution in [2.75, 3.05) is 0 Å². The van der Waals surface area contributed by atoms with Crippen molar-refractivity contribution in [1.82, 2.24) is 9.97 Å². The van der Waals surface area contributed by atoms with Crippen LogP contribution in [0.2, 0.25) is 0 Å². The Bertz CT molecular complexity index is 1510. The van der Waals surface area contributed by atoms with Gasteiger partial charge in [0.05, 0.1) is 15.9 Å². The van der Waals surface area contributed by atoms with Gasteiger partial charge in [0, 0.05) is 31.1 Å². The van der Waals surface area contributed by atoms with Gasteiger partial charge in [-0.25, -0.2) is 4.98 Å². The maximum atomic E-state index is 7.90. The third-order valence-electron chi connectivity index (χ3n) is 4.80. The molecule has 0 aliphatic carbocycles. The minimum Gasteiger partial charge on any atom is -0.256 e. The van der Waals surface area contributed by atoms with E-state index in [-0.39, 0.29) is 11.1 Å². The molecule has 2 aromatic heterocycles. The van der Waals surface area contributed by atoms with Crippen LogP contribution in [0, 0.1) is 13.7 Å². The Kier molecular flexibility index (Phi) is 3.08. The predicted octanol–water partition coefficient (Wildman–Crippen LogP) is 7.31. The number of nitrogens with zero attached hydrogens (tertiary/aromatic N) is 2. The van der Waals surface area contributed by atoms with Crippen LogP contribution in [-0.4, -0.2) is 9.97 Å². The summed E-state index contributed by atoms with van der Waals surface area (Å²) in [7, 11) is 0. The summed E-state index contributed by atoms with van der Waals surface area (Å²) in [5, 5.41) is 0.879. The summed E-state index contributed by atoms with van der Waals surface area (Å²) in [5.41, 5.74) is 4.31. The molecule has 0 spiro atoms. The molecular formula is C26H20N2S. The van der Waals surface area contributed by atoms with Crippen molar-refractivity contribution < 1.29 is 8.22 Å². The third-order valence-corrected chi connectivity index (χ3v) is 5.95. The second-order valence-electron chi connectivity index (χ2n) is 6.74. The van der Waals surface area contributed by atoms with E-state index in [9.17, 15) is 0 Å². The summed E-state index contributed by atoms with van der Waals surface area (Å²) < 4.78 is 47.9. The van der Waals surface area contributed by atoms with Crippen molar-refractivity contribution in [2.24, 2.45) is 0 Å². The van der Waals surface area contributed by atoms with E-state index in [1.807, 2.05) is 72.8 Å². The number of fused-ring (bicyclic) bond motifs is 1. The van der Waals surface area contributed by atoms with Crippen molar-refractivity contribution in [3.05, 3.63) is 96.2 Å². The van der Waals surface area contributed by atoms with Crippen molar-refractivity contribution in [3.63, 3.8) is 0 Å². The van der Waals surface area contributed by atoms with Crippen molar-refractivity contribution in [3.8, 4) is 33.0 Å². The maximum Gasteiger partial charge on any atom is 0.124 e. The number of aryl methyl sites for hydroxylation is 2. The predicted molar refractivity (Wildman–Crippen MR) is 123 cm³/mol. The molecule has 0 saturated carbocycles. The fourth-order valence-corrected chi connectivity index (χ4v) is 4.42. The quantitative estimate of drug-likeness (QED) is 0.318. The van der Waals surface area contributed by atoms with E-state index < -0.39 is 13.7 Å². The average Bonchev–Trinajstić information content (AvgIpc) is 3.27. The van der Waals surface area contributed by atoms with Gasteiger partial charge in [-0.3, -0.25) is 4.98 Å². The normalized spacial score (nSPS) is 15.0. The molecule has 5 aromatic rings. The van der Waals surface area contributed by atoms with Crippen LogP contribution in [0.4, 0.5) is 0 Å². The number of benzene rings is 3. The summed E-state index contributed by atoms with van der Waals surface area (Å²) in [4.78, 5) is 9.23. The molecule has 0 aliphatic heterocycles. The van der Waals surface area contributed by atoms with Crippen LogP contribution in [0.5, 0.6) is 0 Å². The van der Waals surface area contributed by atoms with Gasteiger partial charge in [0.2, 0.25) is 0 Å². The number of rotatable bonds is 3. The standard InChI is InChI=1S/C26H20N2S/c1-17-13-23(27-16-18(17)2)21-14-22(19-9-5-3-6-10-19)25-24(15-21)28-26(29-25)20-11-7-4-8-12-20/h3-16H,1-2H3/i1D3,2D3. The lowest BCUT2D eigenvalue weighted by Gasteiger charge is -2.09. The molecule has 5 rings (SSSR count).